The normalized spacial score (nSPS) is 11.8. The lowest BCUT2D eigenvalue weighted by atomic mass is 10.1. The number of carbonyl (C=O) groups excluding carboxylic acids is 1. The second kappa shape index (κ2) is 7.41. The van der Waals surface area contributed by atoms with Crippen LogP contribution in [0.1, 0.15) is 16.8 Å². The van der Waals surface area contributed by atoms with E-state index in [1.165, 1.54) is 22.9 Å². The fourth-order valence-corrected chi connectivity index (χ4v) is 2.61. The molecule has 1 heterocycles. The molecule has 2 rings (SSSR count). The SMILES string of the molecule is Cc1nn(C)c(Cl)c1/C=C/C(=O)Nc1cc(C(F)(F)F)ccc1N(C)C. The van der Waals surface area contributed by atoms with Crippen LogP contribution in [0.2, 0.25) is 5.15 Å². The Morgan fingerprint density at radius 1 is 1.35 bits per heavy atom. The number of carbonyl (C=O) groups is 1. The first-order chi connectivity index (χ1) is 12.0. The van der Waals surface area contributed by atoms with Crippen LogP contribution in [0, 0.1) is 6.92 Å². The van der Waals surface area contributed by atoms with E-state index < -0.39 is 17.6 Å². The molecule has 2 aromatic rings. The number of nitrogens with one attached hydrogen (secondary N) is 1. The van der Waals surface area contributed by atoms with Crippen molar-refractivity contribution in [2.45, 2.75) is 13.1 Å². The molecule has 26 heavy (non-hydrogen) atoms. The van der Waals surface area contributed by atoms with Gasteiger partial charge < -0.3 is 10.2 Å². The molecular formula is C17H18ClF3N4O. The molecule has 140 valence electrons. The van der Waals surface area contributed by atoms with Gasteiger partial charge in [-0.05, 0) is 31.2 Å². The number of aromatic nitrogens is 2. The number of alkyl halides is 3. The Kier molecular flexibility index (Phi) is 5.65. The molecule has 0 spiro atoms. The van der Waals surface area contributed by atoms with Crippen LogP contribution in [0.25, 0.3) is 6.08 Å². The first-order valence-corrected chi connectivity index (χ1v) is 7.95. The van der Waals surface area contributed by atoms with Gasteiger partial charge in [0.1, 0.15) is 5.15 Å². The Bertz CT molecular complexity index is 856. The summed E-state index contributed by atoms with van der Waals surface area (Å²) < 4.78 is 40.3. The average molecular weight is 387 g/mol. The summed E-state index contributed by atoms with van der Waals surface area (Å²) in [5.74, 6) is -0.577. The Balaban J connectivity index is 2.28. The van der Waals surface area contributed by atoms with Crippen LogP contribution in [0.3, 0.4) is 0 Å². The zero-order valence-corrected chi connectivity index (χ0v) is 15.4. The molecule has 1 N–H and O–H groups in total. The summed E-state index contributed by atoms with van der Waals surface area (Å²) in [5, 5.41) is 6.96. The minimum Gasteiger partial charge on any atom is -0.376 e. The largest absolute Gasteiger partial charge is 0.416 e. The minimum atomic E-state index is -4.50. The monoisotopic (exact) mass is 386 g/mol. The maximum Gasteiger partial charge on any atom is 0.416 e. The van der Waals surface area contributed by atoms with Crippen molar-refractivity contribution in [1.29, 1.82) is 0 Å². The van der Waals surface area contributed by atoms with Crippen molar-refractivity contribution in [3.63, 3.8) is 0 Å². The first kappa shape index (κ1) is 19.8. The van der Waals surface area contributed by atoms with Crippen molar-refractivity contribution < 1.29 is 18.0 Å². The number of amides is 1. The van der Waals surface area contributed by atoms with E-state index in [0.29, 0.717) is 22.1 Å². The van der Waals surface area contributed by atoms with Crippen molar-refractivity contribution in [2.75, 3.05) is 24.3 Å². The van der Waals surface area contributed by atoms with Gasteiger partial charge in [-0.1, -0.05) is 11.6 Å². The molecule has 0 unspecified atom stereocenters. The van der Waals surface area contributed by atoms with Crippen molar-refractivity contribution in [3.05, 3.63) is 46.2 Å². The smallest absolute Gasteiger partial charge is 0.376 e. The van der Waals surface area contributed by atoms with Gasteiger partial charge in [-0.2, -0.15) is 18.3 Å². The van der Waals surface area contributed by atoms with Gasteiger partial charge in [0.25, 0.3) is 0 Å². The van der Waals surface area contributed by atoms with E-state index in [2.05, 4.69) is 10.4 Å². The minimum absolute atomic E-state index is 0.0634. The van der Waals surface area contributed by atoms with E-state index in [1.807, 2.05) is 0 Å². The molecule has 1 amide bonds. The highest BCUT2D eigenvalue weighted by atomic mass is 35.5. The van der Waals surface area contributed by atoms with Gasteiger partial charge in [-0.15, -0.1) is 0 Å². The number of rotatable bonds is 4. The van der Waals surface area contributed by atoms with Gasteiger partial charge >= 0.3 is 6.18 Å². The number of halogens is 4. The highest BCUT2D eigenvalue weighted by Gasteiger charge is 2.31. The van der Waals surface area contributed by atoms with Gasteiger partial charge in [-0.3, -0.25) is 9.48 Å². The Morgan fingerprint density at radius 3 is 2.50 bits per heavy atom. The summed E-state index contributed by atoms with van der Waals surface area (Å²) in [6.07, 6.45) is -1.82. The predicted molar refractivity (Wildman–Crippen MR) is 96.4 cm³/mol. The van der Waals surface area contributed by atoms with Gasteiger partial charge in [0.05, 0.1) is 22.6 Å². The lowest BCUT2D eigenvalue weighted by molar-refractivity contribution is -0.137. The zero-order valence-electron chi connectivity index (χ0n) is 14.6. The van der Waals surface area contributed by atoms with Crippen LogP contribution in [0.15, 0.2) is 24.3 Å². The maximum atomic E-state index is 12.9. The van der Waals surface area contributed by atoms with Crippen LogP contribution in [-0.2, 0) is 18.0 Å². The van der Waals surface area contributed by atoms with Crippen molar-refractivity contribution in [3.8, 4) is 0 Å². The molecule has 0 aliphatic rings. The lowest BCUT2D eigenvalue weighted by Gasteiger charge is -2.19. The summed E-state index contributed by atoms with van der Waals surface area (Å²) >= 11 is 6.08. The second-order valence-corrected chi connectivity index (χ2v) is 6.22. The molecular weight excluding hydrogens is 369 g/mol. The molecule has 0 saturated heterocycles. The van der Waals surface area contributed by atoms with E-state index in [-0.39, 0.29) is 5.69 Å². The number of nitrogens with zero attached hydrogens (tertiary/aromatic N) is 3. The third-order valence-electron chi connectivity index (χ3n) is 3.66. The predicted octanol–water partition coefficient (Wildman–Crippen LogP) is 4.12. The summed E-state index contributed by atoms with van der Waals surface area (Å²) in [5.41, 5.74) is 0.883. The highest BCUT2D eigenvalue weighted by Crippen LogP contribution is 2.35. The third kappa shape index (κ3) is 4.37. The highest BCUT2D eigenvalue weighted by molar-refractivity contribution is 6.31. The summed E-state index contributed by atoms with van der Waals surface area (Å²) in [6.45, 7) is 1.74. The quantitative estimate of drug-likeness (QED) is 0.804. The molecule has 1 aromatic heterocycles. The second-order valence-electron chi connectivity index (χ2n) is 5.86. The molecule has 1 aromatic carbocycles. The summed E-state index contributed by atoms with van der Waals surface area (Å²) in [4.78, 5) is 13.8. The summed E-state index contributed by atoms with van der Waals surface area (Å²) in [7, 11) is 5.01. The Hall–Kier alpha value is -2.48. The van der Waals surface area contributed by atoms with Gasteiger partial charge in [0.2, 0.25) is 5.91 Å². The maximum absolute atomic E-state index is 12.9. The molecule has 0 aliphatic heterocycles. The lowest BCUT2D eigenvalue weighted by Crippen LogP contribution is -2.16. The van der Waals surface area contributed by atoms with E-state index in [4.69, 9.17) is 11.6 Å². The molecule has 5 nitrogen and oxygen atoms in total. The molecule has 0 atom stereocenters. The third-order valence-corrected chi connectivity index (χ3v) is 4.11. The van der Waals surface area contributed by atoms with E-state index in [9.17, 15) is 18.0 Å². The van der Waals surface area contributed by atoms with E-state index >= 15 is 0 Å². The fourth-order valence-electron chi connectivity index (χ4n) is 2.37. The molecule has 0 saturated carbocycles. The topological polar surface area (TPSA) is 50.2 Å². The van der Waals surface area contributed by atoms with Crippen LogP contribution in [-0.4, -0.2) is 29.8 Å². The van der Waals surface area contributed by atoms with Gasteiger partial charge in [0.15, 0.2) is 0 Å². The number of hydrogen-bond donors (Lipinski definition) is 1. The van der Waals surface area contributed by atoms with Crippen molar-refractivity contribution in [2.24, 2.45) is 7.05 Å². The van der Waals surface area contributed by atoms with Crippen LogP contribution >= 0.6 is 11.6 Å². The Morgan fingerprint density at radius 2 is 2.00 bits per heavy atom. The van der Waals surface area contributed by atoms with Gasteiger partial charge in [0, 0.05) is 32.8 Å². The molecule has 9 heteroatoms. The average Bonchev–Trinajstić information content (AvgIpc) is 2.77. The number of benzene rings is 1. The van der Waals surface area contributed by atoms with Crippen LogP contribution < -0.4 is 10.2 Å². The Labute approximate surface area is 154 Å². The summed E-state index contributed by atoms with van der Waals surface area (Å²) in [6, 6.07) is 3.19. The fraction of sp³-hybridized carbons (Fsp3) is 0.294. The molecule has 0 aliphatic carbocycles. The molecule has 0 fully saturated rings. The van der Waals surface area contributed by atoms with Crippen molar-refractivity contribution in [1.82, 2.24) is 9.78 Å². The zero-order chi connectivity index (χ0) is 19.6. The molecule has 0 radical (unpaired) electrons. The molecule has 0 bridgehead atoms. The van der Waals surface area contributed by atoms with E-state index in [1.54, 1.807) is 33.0 Å². The van der Waals surface area contributed by atoms with Gasteiger partial charge in [-0.25, -0.2) is 0 Å². The number of hydrogen-bond acceptors (Lipinski definition) is 3. The standard InChI is InChI=1S/C17H18ClF3N4O/c1-10-12(16(18)25(4)23-10)6-8-15(26)22-13-9-11(17(19,20)21)5-7-14(13)24(2)3/h5-9H,1-4H3,(H,22,26)/b8-6+. The van der Waals surface area contributed by atoms with Crippen molar-refractivity contribution >= 4 is 35.0 Å². The van der Waals surface area contributed by atoms with E-state index in [0.717, 1.165) is 12.1 Å². The number of aryl methyl sites for hydroxylation is 2. The first-order valence-electron chi connectivity index (χ1n) is 7.57. The number of anilines is 2. The van der Waals surface area contributed by atoms with Crippen LogP contribution in [0.4, 0.5) is 24.5 Å². The van der Waals surface area contributed by atoms with Crippen LogP contribution in [0.5, 0.6) is 0 Å².